The first-order chi connectivity index (χ1) is 20.6. The van der Waals surface area contributed by atoms with Crippen LogP contribution < -0.4 is 5.32 Å². The van der Waals surface area contributed by atoms with Crippen molar-refractivity contribution in [1.82, 2.24) is 25.1 Å². The SMILES string of the molecule is CCc1ncc(-c2sc(C3CCC3)nc2-c2nnc(N[C@H]3N=C(c4ccccc4)c4cccc(F)c4CC3=O)o2)cn1. The average molecular weight is 580 g/mol. The third kappa shape index (κ3) is 4.89. The molecule has 1 aliphatic carbocycles. The van der Waals surface area contributed by atoms with Crippen LogP contribution in [0.3, 0.4) is 0 Å². The minimum atomic E-state index is -1.06. The highest BCUT2D eigenvalue weighted by atomic mass is 32.1. The first-order valence-corrected chi connectivity index (χ1v) is 14.7. The van der Waals surface area contributed by atoms with E-state index in [1.165, 1.54) is 12.5 Å². The number of fused-ring (bicyclic) bond motifs is 1. The van der Waals surface area contributed by atoms with Gasteiger partial charge in [-0.2, -0.15) is 0 Å². The molecule has 11 heteroatoms. The van der Waals surface area contributed by atoms with E-state index < -0.39 is 12.0 Å². The van der Waals surface area contributed by atoms with Gasteiger partial charge in [0.2, 0.25) is 0 Å². The van der Waals surface area contributed by atoms with E-state index >= 15 is 0 Å². The smallest absolute Gasteiger partial charge is 0.317 e. The number of nitrogens with one attached hydrogen (secondary N) is 1. The summed E-state index contributed by atoms with van der Waals surface area (Å²) in [5, 5.41) is 12.5. The molecular formula is C31H26FN7O2S. The van der Waals surface area contributed by atoms with Gasteiger partial charge < -0.3 is 9.73 Å². The standard InChI is InChI=1S/C31H26FN7O2S/c1-2-24-33-15-19(16-34-24)27-26(36-30(42-27)18-10-6-11-18)29-38-39-31(41-29)37-28-23(40)14-21-20(12-7-13-22(21)32)25(35-28)17-8-4-3-5-9-17/h3-5,7-9,12-13,15-16,18,28H,2,6,10-11,14H2,1H3,(H,37,39)/t28-/m1/s1. The van der Waals surface area contributed by atoms with Crippen LogP contribution in [0, 0.1) is 5.82 Å². The lowest BCUT2D eigenvalue weighted by Crippen LogP contribution is -2.29. The molecule has 5 aromatic rings. The van der Waals surface area contributed by atoms with Crippen LogP contribution >= 0.6 is 11.3 Å². The van der Waals surface area contributed by atoms with Gasteiger partial charge in [-0.1, -0.05) is 60.9 Å². The Morgan fingerprint density at radius 3 is 2.57 bits per heavy atom. The molecular weight excluding hydrogens is 553 g/mol. The van der Waals surface area contributed by atoms with Crippen LogP contribution in [0.4, 0.5) is 10.4 Å². The van der Waals surface area contributed by atoms with E-state index in [0.717, 1.165) is 46.1 Å². The van der Waals surface area contributed by atoms with Crippen LogP contribution in [0.25, 0.3) is 22.0 Å². The molecule has 0 saturated heterocycles. The van der Waals surface area contributed by atoms with Crippen molar-refractivity contribution >= 4 is 28.8 Å². The van der Waals surface area contributed by atoms with Gasteiger partial charge in [0.25, 0.3) is 5.89 Å². The van der Waals surface area contributed by atoms with E-state index in [0.29, 0.717) is 28.5 Å². The molecule has 7 rings (SSSR count). The number of aliphatic imine (C=N–C) groups is 1. The van der Waals surface area contributed by atoms with Gasteiger partial charge in [0.1, 0.15) is 17.3 Å². The van der Waals surface area contributed by atoms with Gasteiger partial charge in [0, 0.05) is 53.4 Å². The summed E-state index contributed by atoms with van der Waals surface area (Å²) in [7, 11) is 0. The zero-order valence-electron chi connectivity index (χ0n) is 22.7. The Bertz CT molecular complexity index is 1800. The number of benzene rings is 2. The molecule has 1 fully saturated rings. The highest BCUT2D eigenvalue weighted by Gasteiger charge is 2.31. The summed E-state index contributed by atoms with van der Waals surface area (Å²) in [4.78, 5) is 32.8. The maximum atomic E-state index is 14.9. The lowest BCUT2D eigenvalue weighted by molar-refractivity contribution is -0.119. The molecule has 0 radical (unpaired) electrons. The number of carbonyl (C=O) groups is 1. The van der Waals surface area contributed by atoms with E-state index in [1.54, 1.807) is 35.9 Å². The third-order valence-corrected chi connectivity index (χ3v) is 8.87. The van der Waals surface area contributed by atoms with Crippen molar-refractivity contribution in [2.24, 2.45) is 4.99 Å². The van der Waals surface area contributed by atoms with E-state index in [9.17, 15) is 9.18 Å². The van der Waals surface area contributed by atoms with Crippen molar-refractivity contribution < 1.29 is 13.6 Å². The first-order valence-electron chi connectivity index (χ1n) is 13.9. The number of ketones is 1. The zero-order valence-corrected chi connectivity index (χ0v) is 23.6. The second-order valence-electron chi connectivity index (χ2n) is 10.3. The van der Waals surface area contributed by atoms with Crippen molar-refractivity contribution in [2.75, 3.05) is 5.32 Å². The monoisotopic (exact) mass is 579 g/mol. The Hall–Kier alpha value is -4.64. The summed E-state index contributed by atoms with van der Waals surface area (Å²) >= 11 is 1.59. The van der Waals surface area contributed by atoms with Crippen LogP contribution in [0.1, 0.15) is 59.6 Å². The van der Waals surface area contributed by atoms with Gasteiger partial charge >= 0.3 is 6.01 Å². The van der Waals surface area contributed by atoms with Crippen molar-refractivity contribution in [3.63, 3.8) is 0 Å². The molecule has 0 amide bonds. The Kier molecular flexibility index (Phi) is 6.87. The van der Waals surface area contributed by atoms with Gasteiger partial charge in [-0.05, 0) is 18.9 Å². The van der Waals surface area contributed by atoms with Crippen LogP contribution in [0.5, 0.6) is 0 Å². The molecule has 2 aliphatic rings. The van der Waals surface area contributed by atoms with Crippen LogP contribution in [-0.4, -0.2) is 42.8 Å². The molecule has 1 saturated carbocycles. The predicted molar refractivity (Wildman–Crippen MR) is 157 cm³/mol. The molecule has 1 N–H and O–H groups in total. The van der Waals surface area contributed by atoms with E-state index in [4.69, 9.17) is 14.4 Å². The normalized spacial score (nSPS) is 16.9. The topological polar surface area (TPSA) is 119 Å². The minimum Gasteiger partial charge on any atom is -0.402 e. The Balaban J connectivity index is 1.23. The van der Waals surface area contributed by atoms with Crippen LogP contribution in [0.15, 0.2) is 70.3 Å². The Labute approximate surface area is 245 Å². The van der Waals surface area contributed by atoms with Gasteiger partial charge in [-0.3, -0.25) is 9.79 Å². The largest absolute Gasteiger partial charge is 0.402 e. The number of nitrogens with zero attached hydrogens (tertiary/aromatic N) is 6. The maximum absolute atomic E-state index is 14.9. The van der Waals surface area contributed by atoms with Crippen molar-refractivity contribution in [3.8, 4) is 22.0 Å². The minimum absolute atomic E-state index is 0.0210. The van der Waals surface area contributed by atoms with Gasteiger partial charge in [0.05, 0.1) is 15.6 Å². The molecule has 1 aliphatic heterocycles. The average Bonchev–Trinajstić information content (AvgIpc) is 3.60. The number of thiazole rings is 1. The Morgan fingerprint density at radius 2 is 1.83 bits per heavy atom. The lowest BCUT2D eigenvalue weighted by Gasteiger charge is -2.22. The van der Waals surface area contributed by atoms with Crippen molar-refractivity contribution in [1.29, 1.82) is 0 Å². The fraction of sp³-hybridized carbons (Fsp3) is 0.258. The molecule has 3 aromatic heterocycles. The van der Waals surface area contributed by atoms with Crippen molar-refractivity contribution in [3.05, 3.63) is 94.3 Å². The number of carbonyl (C=O) groups excluding carboxylic acids is 1. The predicted octanol–water partition coefficient (Wildman–Crippen LogP) is 6.02. The number of aryl methyl sites for hydroxylation is 1. The number of aromatic nitrogens is 5. The van der Waals surface area contributed by atoms with E-state index in [2.05, 4.69) is 25.5 Å². The molecule has 9 nitrogen and oxygen atoms in total. The Morgan fingerprint density at radius 1 is 1.02 bits per heavy atom. The number of rotatable bonds is 7. The van der Waals surface area contributed by atoms with Crippen LogP contribution in [-0.2, 0) is 17.6 Å². The molecule has 0 spiro atoms. The number of hydrogen-bond acceptors (Lipinski definition) is 10. The van der Waals surface area contributed by atoms with Gasteiger partial charge in [-0.25, -0.2) is 19.3 Å². The summed E-state index contributed by atoms with van der Waals surface area (Å²) in [5.41, 5.74) is 3.56. The number of anilines is 1. The quantitative estimate of drug-likeness (QED) is 0.249. The summed E-state index contributed by atoms with van der Waals surface area (Å²) in [6.07, 6.45) is 6.53. The van der Waals surface area contributed by atoms with Crippen LogP contribution in [0.2, 0.25) is 0 Å². The summed E-state index contributed by atoms with van der Waals surface area (Å²) < 4.78 is 20.9. The second-order valence-corrected chi connectivity index (χ2v) is 11.3. The highest BCUT2D eigenvalue weighted by molar-refractivity contribution is 7.15. The molecule has 0 bridgehead atoms. The molecule has 42 heavy (non-hydrogen) atoms. The summed E-state index contributed by atoms with van der Waals surface area (Å²) in [6, 6.07) is 14.2. The second kappa shape index (κ2) is 11.0. The van der Waals surface area contributed by atoms with Gasteiger partial charge in [-0.15, -0.1) is 16.4 Å². The summed E-state index contributed by atoms with van der Waals surface area (Å²) in [5.74, 6) is 0.631. The zero-order chi connectivity index (χ0) is 28.6. The number of Topliss-reactive ketones (excluding diaryl/α,β-unsaturated/α-hetero) is 1. The molecule has 1 atom stereocenters. The fourth-order valence-corrected chi connectivity index (χ4v) is 6.30. The van der Waals surface area contributed by atoms with Gasteiger partial charge in [0.15, 0.2) is 11.9 Å². The number of hydrogen-bond donors (Lipinski definition) is 1. The lowest BCUT2D eigenvalue weighted by atomic mass is 9.86. The molecule has 4 heterocycles. The van der Waals surface area contributed by atoms with Crippen molar-refractivity contribution in [2.45, 2.75) is 51.1 Å². The highest BCUT2D eigenvalue weighted by Crippen LogP contribution is 2.44. The van der Waals surface area contributed by atoms with E-state index in [-0.39, 0.29) is 24.1 Å². The first kappa shape index (κ1) is 26.3. The maximum Gasteiger partial charge on any atom is 0.317 e. The molecule has 0 unspecified atom stereocenters. The third-order valence-electron chi connectivity index (χ3n) is 7.61. The van der Waals surface area contributed by atoms with E-state index in [1.807, 2.05) is 37.3 Å². The fourth-order valence-electron chi connectivity index (χ4n) is 5.10. The molecule has 210 valence electrons. The molecule has 2 aromatic carbocycles. The number of halogens is 1. The summed E-state index contributed by atoms with van der Waals surface area (Å²) in [6.45, 7) is 2.01.